The van der Waals surface area contributed by atoms with Gasteiger partial charge in [-0.25, -0.2) is 0 Å². The van der Waals surface area contributed by atoms with Gasteiger partial charge >= 0.3 is 5.38 Å². The maximum absolute atomic E-state index is 12.9. The average Bonchev–Trinajstić information content (AvgIpc) is 2.38. The monoisotopic (exact) mass is 322 g/mol. The summed E-state index contributed by atoms with van der Waals surface area (Å²) in [5.41, 5.74) is -0.802. The number of benzene rings is 1. The predicted molar refractivity (Wildman–Crippen MR) is 71.3 cm³/mol. The van der Waals surface area contributed by atoms with E-state index >= 15 is 0 Å². The fourth-order valence-electron chi connectivity index (χ4n) is 1.29. The van der Waals surface area contributed by atoms with Gasteiger partial charge in [0.15, 0.2) is 5.78 Å². The van der Waals surface area contributed by atoms with Crippen molar-refractivity contribution in [1.29, 1.82) is 0 Å². The standard InChI is InChI=1S/C13H10Cl2F2O3/c1-2-20-7-10(12(19)13(15,16)17)11(18)8-3-5-9(14)6-4-8/h3-7H,2H2,1H3/b10-7-. The van der Waals surface area contributed by atoms with Gasteiger partial charge in [0, 0.05) is 10.6 Å². The van der Waals surface area contributed by atoms with Crippen LogP contribution in [0.2, 0.25) is 5.02 Å². The second-order valence-electron chi connectivity index (χ2n) is 3.65. The Hall–Kier alpha value is -1.46. The summed E-state index contributed by atoms with van der Waals surface area (Å²) >= 11 is 10.3. The Morgan fingerprint density at radius 2 is 1.85 bits per heavy atom. The van der Waals surface area contributed by atoms with Crippen LogP contribution in [0.4, 0.5) is 8.78 Å². The van der Waals surface area contributed by atoms with E-state index in [1.165, 1.54) is 24.3 Å². The third-order valence-corrected chi connectivity index (χ3v) is 2.64. The van der Waals surface area contributed by atoms with E-state index in [4.69, 9.17) is 16.3 Å². The summed E-state index contributed by atoms with van der Waals surface area (Å²) in [7, 11) is 0. The molecule has 0 aromatic heterocycles. The van der Waals surface area contributed by atoms with E-state index in [2.05, 4.69) is 11.6 Å². The van der Waals surface area contributed by atoms with E-state index < -0.39 is 22.5 Å². The Morgan fingerprint density at radius 3 is 2.30 bits per heavy atom. The summed E-state index contributed by atoms with van der Waals surface area (Å²) in [5.74, 6) is -2.73. The van der Waals surface area contributed by atoms with Gasteiger partial charge in [0.2, 0.25) is 0 Å². The Bertz CT molecular complexity index is 534. The molecule has 0 saturated heterocycles. The highest BCUT2D eigenvalue weighted by Gasteiger charge is 2.41. The van der Waals surface area contributed by atoms with Gasteiger partial charge in [-0.2, -0.15) is 8.78 Å². The first-order valence-electron chi connectivity index (χ1n) is 5.51. The SMILES string of the molecule is CCO/C=C(/C(=O)c1ccc(Cl)cc1)C(=O)C(F)(F)Cl. The summed E-state index contributed by atoms with van der Waals surface area (Å²) in [6.45, 7) is 1.68. The quantitative estimate of drug-likeness (QED) is 0.199. The number of hydrogen-bond donors (Lipinski definition) is 0. The van der Waals surface area contributed by atoms with Gasteiger partial charge in [0.05, 0.1) is 12.9 Å². The lowest BCUT2D eigenvalue weighted by Gasteiger charge is -2.10. The average molecular weight is 323 g/mol. The maximum atomic E-state index is 12.9. The molecule has 0 fully saturated rings. The predicted octanol–water partition coefficient (Wildman–Crippen LogP) is 3.84. The van der Waals surface area contributed by atoms with Crippen LogP contribution in [0.1, 0.15) is 17.3 Å². The van der Waals surface area contributed by atoms with E-state index in [0.29, 0.717) is 11.3 Å². The summed E-state index contributed by atoms with van der Waals surface area (Å²) in [4.78, 5) is 23.5. The second-order valence-corrected chi connectivity index (χ2v) is 4.56. The molecule has 3 nitrogen and oxygen atoms in total. The van der Waals surface area contributed by atoms with Crippen LogP contribution in [0.5, 0.6) is 0 Å². The van der Waals surface area contributed by atoms with E-state index in [-0.39, 0.29) is 12.2 Å². The van der Waals surface area contributed by atoms with Crippen molar-refractivity contribution in [2.24, 2.45) is 0 Å². The normalized spacial score (nSPS) is 12.2. The van der Waals surface area contributed by atoms with E-state index in [1.54, 1.807) is 6.92 Å². The molecular weight excluding hydrogens is 313 g/mol. The molecule has 0 aliphatic carbocycles. The number of allylic oxidation sites excluding steroid dienone is 1. The molecule has 0 unspecified atom stereocenters. The van der Waals surface area contributed by atoms with E-state index in [0.717, 1.165) is 0 Å². The van der Waals surface area contributed by atoms with Crippen LogP contribution in [0.3, 0.4) is 0 Å². The summed E-state index contributed by atoms with van der Waals surface area (Å²) in [6, 6.07) is 5.42. The number of alkyl halides is 3. The highest BCUT2D eigenvalue weighted by molar-refractivity contribution is 6.41. The molecule has 0 aliphatic heterocycles. The summed E-state index contributed by atoms with van der Waals surface area (Å²) in [5, 5.41) is -3.81. The van der Waals surface area contributed by atoms with Crippen molar-refractivity contribution in [2.45, 2.75) is 12.3 Å². The molecule has 20 heavy (non-hydrogen) atoms. The first-order chi connectivity index (χ1) is 9.27. The van der Waals surface area contributed by atoms with Gasteiger partial charge in [0.25, 0.3) is 5.78 Å². The van der Waals surface area contributed by atoms with Crippen LogP contribution in [0, 0.1) is 0 Å². The lowest BCUT2D eigenvalue weighted by molar-refractivity contribution is -0.129. The van der Waals surface area contributed by atoms with Crippen molar-refractivity contribution in [3.8, 4) is 0 Å². The number of carbonyl (C=O) groups excluding carboxylic acids is 2. The number of ketones is 2. The van der Waals surface area contributed by atoms with Crippen LogP contribution < -0.4 is 0 Å². The fourth-order valence-corrected chi connectivity index (χ4v) is 1.51. The topological polar surface area (TPSA) is 43.4 Å². The zero-order chi connectivity index (χ0) is 15.3. The molecule has 0 amide bonds. The van der Waals surface area contributed by atoms with Crippen molar-refractivity contribution < 1.29 is 23.1 Å². The largest absolute Gasteiger partial charge is 0.501 e. The lowest BCUT2D eigenvalue weighted by Crippen LogP contribution is -2.27. The van der Waals surface area contributed by atoms with Crippen molar-refractivity contribution in [3.05, 3.63) is 46.7 Å². The molecule has 0 bridgehead atoms. The van der Waals surface area contributed by atoms with Gasteiger partial charge < -0.3 is 4.74 Å². The number of hydrogen-bond acceptors (Lipinski definition) is 3. The smallest absolute Gasteiger partial charge is 0.385 e. The molecule has 0 heterocycles. The van der Waals surface area contributed by atoms with Crippen LogP contribution in [-0.2, 0) is 9.53 Å². The molecule has 0 N–H and O–H groups in total. The third-order valence-electron chi connectivity index (χ3n) is 2.22. The van der Waals surface area contributed by atoms with Crippen LogP contribution in [0.15, 0.2) is 36.1 Å². The van der Waals surface area contributed by atoms with Gasteiger partial charge in [-0.15, -0.1) is 0 Å². The van der Waals surface area contributed by atoms with Crippen molar-refractivity contribution >= 4 is 34.8 Å². The molecule has 0 spiro atoms. The minimum absolute atomic E-state index is 0.0228. The summed E-state index contributed by atoms with van der Waals surface area (Å²) < 4.78 is 30.5. The fraction of sp³-hybridized carbons (Fsp3) is 0.231. The minimum Gasteiger partial charge on any atom is -0.501 e. The first kappa shape index (κ1) is 16.6. The molecule has 108 valence electrons. The summed E-state index contributed by atoms with van der Waals surface area (Å²) in [6.07, 6.45) is 0.690. The third kappa shape index (κ3) is 4.28. The molecule has 0 aliphatic rings. The molecule has 1 rings (SSSR count). The zero-order valence-electron chi connectivity index (χ0n) is 10.3. The van der Waals surface area contributed by atoms with E-state index in [1.807, 2.05) is 0 Å². The maximum Gasteiger partial charge on any atom is 0.385 e. The van der Waals surface area contributed by atoms with Crippen LogP contribution >= 0.6 is 23.2 Å². The molecule has 1 aromatic carbocycles. The van der Waals surface area contributed by atoms with Gasteiger partial charge in [-0.1, -0.05) is 11.6 Å². The Labute approximate surface area is 124 Å². The Kier molecular flexibility index (Phi) is 5.65. The first-order valence-corrected chi connectivity index (χ1v) is 6.26. The van der Waals surface area contributed by atoms with Gasteiger partial charge in [0.1, 0.15) is 5.57 Å². The van der Waals surface area contributed by atoms with Crippen molar-refractivity contribution in [1.82, 2.24) is 0 Å². The highest BCUT2D eigenvalue weighted by atomic mass is 35.5. The molecule has 0 atom stereocenters. The zero-order valence-corrected chi connectivity index (χ0v) is 11.8. The number of carbonyl (C=O) groups is 2. The van der Waals surface area contributed by atoms with E-state index in [9.17, 15) is 18.4 Å². The van der Waals surface area contributed by atoms with Gasteiger partial charge in [-0.3, -0.25) is 9.59 Å². The number of halogens is 4. The van der Waals surface area contributed by atoms with Crippen molar-refractivity contribution in [3.63, 3.8) is 0 Å². The molecular formula is C13H10Cl2F2O3. The van der Waals surface area contributed by atoms with Crippen molar-refractivity contribution in [2.75, 3.05) is 6.61 Å². The minimum atomic E-state index is -4.18. The molecule has 1 aromatic rings. The van der Waals surface area contributed by atoms with Crippen LogP contribution in [-0.4, -0.2) is 23.6 Å². The Morgan fingerprint density at radius 1 is 1.30 bits per heavy atom. The molecule has 7 heteroatoms. The number of ether oxygens (including phenoxy) is 1. The number of rotatable bonds is 6. The highest BCUT2D eigenvalue weighted by Crippen LogP contribution is 2.26. The van der Waals surface area contributed by atoms with Gasteiger partial charge in [-0.05, 0) is 42.8 Å². The van der Waals surface area contributed by atoms with Crippen LogP contribution in [0.25, 0.3) is 0 Å². The lowest BCUT2D eigenvalue weighted by atomic mass is 10.0. The Balaban J connectivity index is 3.15. The molecule has 0 radical (unpaired) electrons. The molecule has 0 saturated carbocycles. The number of Topliss-reactive ketones (excluding diaryl/α,β-unsaturated/α-hetero) is 2. The second kappa shape index (κ2) is 6.81.